The molecule has 0 radical (unpaired) electrons. The van der Waals surface area contributed by atoms with Crippen molar-refractivity contribution in [2.45, 2.75) is 58.3 Å². The van der Waals surface area contributed by atoms with Gasteiger partial charge in [0.15, 0.2) is 0 Å². The van der Waals surface area contributed by atoms with Gasteiger partial charge in [0, 0.05) is 45.3 Å². The first-order valence-electron chi connectivity index (χ1n) is 12.0. The molecule has 0 aromatic heterocycles. The van der Waals surface area contributed by atoms with Crippen LogP contribution in [0.25, 0.3) is 0 Å². The van der Waals surface area contributed by atoms with E-state index in [2.05, 4.69) is 4.90 Å². The molecule has 7 heteroatoms. The number of fused-ring (bicyclic) bond motifs is 3. The summed E-state index contributed by atoms with van der Waals surface area (Å²) in [5, 5.41) is 0. The largest absolute Gasteiger partial charge is 0.445 e. The Morgan fingerprint density at radius 3 is 2.34 bits per heavy atom. The van der Waals surface area contributed by atoms with E-state index in [-0.39, 0.29) is 12.2 Å². The standard InChI is InChI=1S/C25H37N3O4/c1-25(2,3)32-24(30)28-17-20-9-10-22(28)15-21(20)16-26-11-13-27(14-12-26)23(29)31-18-19-7-5-4-6-8-19/h4-8,20-22H,9-18H2,1-3H3/t20-,21-,22-/m1/s1. The number of amides is 2. The van der Waals surface area contributed by atoms with Crippen molar-refractivity contribution in [1.82, 2.24) is 14.7 Å². The molecule has 3 atom stereocenters. The third-order valence-corrected chi connectivity index (χ3v) is 6.94. The van der Waals surface area contributed by atoms with Crippen LogP contribution in [0.5, 0.6) is 0 Å². The van der Waals surface area contributed by atoms with Gasteiger partial charge in [0.05, 0.1) is 0 Å². The molecule has 1 aromatic carbocycles. The molecule has 32 heavy (non-hydrogen) atoms. The molecule has 2 bridgehead atoms. The highest BCUT2D eigenvalue weighted by Gasteiger charge is 2.44. The van der Waals surface area contributed by atoms with Crippen LogP contribution in [0.4, 0.5) is 9.59 Å². The topological polar surface area (TPSA) is 62.3 Å². The fraction of sp³-hybridized carbons (Fsp3) is 0.680. The van der Waals surface area contributed by atoms with E-state index in [4.69, 9.17) is 9.47 Å². The summed E-state index contributed by atoms with van der Waals surface area (Å²) >= 11 is 0. The lowest BCUT2D eigenvalue weighted by Gasteiger charge is -2.50. The molecule has 1 aliphatic carbocycles. The summed E-state index contributed by atoms with van der Waals surface area (Å²) in [6, 6.07) is 10.1. The average molecular weight is 444 g/mol. The van der Waals surface area contributed by atoms with E-state index < -0.39 is 5.60 Å². The zero-order valence-corrected chi connectivity index (χ0v) is 19.7. The first-order chi connectivity index (χ1) is 15.3. The number of piperidine rings is 2. The van der Waals surface area contributed by atoms with Crippen LogP contribution in [0.1, 0.15) is 45.6 Å². The Bertz CT molecular complexity index is 786. The van der Waals surface area contributed by atoms with Crippen molar-refractivity contribution in [3.8, 4) is 0 Å². The average Bonchev–Trinajstić information content (AvgIpc) is 2.78. The molecule has 7 nitrogen and oxygen atoms in total. The fourth-order valence-corrected chi connectivity index (χ4v) is 5.25. The monoisotopic (exact) mass is 443 g/mol. The normalized spacial score (nSPS) is 26.2. The highest BCUT2D eigenvalue weighted by molar-refractivity contribution is 5.69. The van der Waals surface area contributed by atoms with Gasteiger partial charge in [-0.15, -0.1) is 0 Å². The van der Waals surface area contributed by atoms with Crippen LogP contribution in [-0.4, -0.2) is 77.8 Å². The number of piperazine rings is 1. The maximum Gasteiger partial charge on any atom is 0.410 e. The van der Waals surface area contributed by atoms with Crippen LogP contribution in [0.2, 0.25) is 0 Å². The summed E-state index contributed by atoms with van der Waals surface area (Å²) in [4.78, 5) is 31.3. The first-order valence-corrected chi connectivity index (χ1v) is 12.0. The van der Waals surface area contributed by atoms with Crippen LogP contribution in [0, 0.1) is 11.8 Å². The quantitative estimate of drug-likeness (QED) is 0.705. The molecule has 0 unspecified atom stereocenters. The van der Waals surface area contributed by atoms with Crippen molar-refractivity contribution in [3.05, 3.63) is 35.9 Å². The summed E-state index contributed by atoms with van der Waals surface area (Å²) in [5.41, 5.74) is 0.557. The second kappa shape index (κ2) is 9.69. The first kappa shape index (κ1) is 22.9. The molecule has 0 N–H and O–H groups in total. The van der Waals surface area contributed by atoms with Gasteiger partial charge >= 0.3 is 12.2 Å². The molecule has 176 valence electrons. The number of ether oxygens (including phenoxy) is 2. The summed E-state index contributed by atoms with van der Waals surface area (Å²) < 4.78 is 11.1. The van der Waals surface area contributed by atoms with Gasteiger partial charge in [-0.2, -0.15) is 0 Å². The number of hydrogen-bond acceptors (Lipinski definition) is 5. The second-order valence-electron chi connectivity index (χ2n) is 10.4. The fourth-order valence-electron chi connectivity index (χ4n) is 5.25. The Balaban J connectivity index is 1.20. The zero-order valence-electron chi connectivity index (χ0n) is 19.7. The van der Waals surface area contributed by atoms with Crippen molar-refractivity contribution in [3.63, 3.8) is 0 Å². The predicted octanol–water partition coefficient (Wildman–Crippen LogP) is 3.98. The number of rotatable bonds is 4. The molecule has 1 saturated carbocycles. The molecule has 4 fully saturated rings. The minimum absolute atomic E-state index is 0.159. The highest BCUT2D eigenvalue weighted by atomic mass is 16.6. The number of carbonyl (C=O) groups excluding carboxylic acids is 2. The Hall–Kier alpha value is -2.28. The summed E-state index contributed by atoms with van der Waals surface area (Å²) in [5.74, 6) is 1.16. The molecule has 3 aliphatic heterocycles. The van der Waals surface area contributed by atoms with Crippen molar-refractivity contribution in [2.75, 3.05) is 39.3 Å². The number of hydrogen-bond donors (Lipinski definition) is 0. The third-order valence-electron chi connectivity index (χ3n) is 6.94. The van der Waals surface area contributed by atoms with E-state index in [9.17, 15) is 9.59 Å². The highest BCUT2D eigenvalue weighted by Crippen LogP contribution is 2.40. The van der Waals surface area contributed by atoms with Crippen molar-refractivity contribution in [1.29, 1.82) is 0 Å². The molecule has 0 spiro atoms. The number of benzene rings is 1. The van der Waals surface area contributed by atoms with E-state index >= 15 is 0 Å². The Labute approximate surface area is 191 Å². The molecule has 3 saturated heterocycles. The van der Waals surface area contributed by atoms with E-state index in [1.165, 1.54) is 6.42 Å². The van der Waals surface area contributed by atoms with Gasteiger partial charge in [0.2, 0.25) is 0 Å². The van der Waals surface area contributed by atoms with Crippen LogP contribution in [-0.2, 0) is 16.1 Å². The lowest BCUT2D eigenvalue weighted by atomic mass is 9.72. The lowest BCUT2D eigenvalue weighted by molar-refractivity contribution is -0.0363. The number of nitrogens with zero attached hydrogens (tertiary/aromatic N) is 3. The smallest absolute Gasteiger partial charge is 0.410 e. The van der Waals surface area contributed by atoms with Gasteiger partial charge in [-0.3, -0.25) is 4.90 Å². The van der Waals surface area contributed by atoms with Crippen LogP contribution in [0.3, 0.4) is 0 Å². The molecule has 1 aromatic rings. The molecule has 5 rings (SSSR count). The lowest BCUT2D eigenvalue weighted by Crippen LogP contribution is -2.58. The van der Waals surface area contributed by atoms with Gasteiger partial charge < -0.3 is 19.3 Å². The number of carbonyl (C=O) groups is 2. The van der Waals surface area contributed by atoms with Crippen LogP contribution >= 0.6 is 0 Å². The van der Waals surface area contributed by atoms with Crippen molar-refractivity contribution >= 4 is 12.2 Å². The van der Waals surface area contributed by atoms with Crippen molar-refractivity contribution in [2.24, 2.45) is 11.8 Å². The van der Waals surface area contributed by atoms with Gasteiger partial charge in [-0.05, 0) is 57.4 Å². The van der Waals surface area contributed by atoms with Crippen molar-refractivity contribution < 1.29 is 19.1 Å². The summed E-state index contributed by atoms with van der Waals surface area (Å²) in [6.45, 7) is 11.1. The molecule has 2 amide bonds. The summed E-state index contributed by atoms with van der Waals surface area (Å²) in [7, 11) is 0. The minimum Gasteiger partial charge on any atom is -0.445 e. The maximum absolute atomic E-state index is 12.6. The van der Waals surface area contributed by atoms with Crippen LogP contribution < -0.4 is 0 Å². The van der Waals surface area contributed by atoms with Gasteiger partial charge in [0.1, 0.15) is 12.2 Å². The summed E-state index contributed by atoms with van der Waals surface area (Å²) in [6.07, 6.45) is 2.96. The van der Waals surface area contributed by atoms with Gasteiger partial charge in [-0.1, -0.05) is 30.3 Å². The van der Waals surface area contributed by atoms with E-state index in [0.717, 1.165) is 44.6 Å². The zero-order chi connectivity index (χ0) is 22.7. The molecular formula is C25H37N3O4. The van der Waals surface area contributed by atoms with Crippen LogP contribution in [0.15, 0.2) is 30.3 Å². The van der Waals surface area contributed by atoms with E-state index in [1.807, 2.05) is 60.9 Å². The van der Waals surface area contributed by atoms with Gasteiger partial charge in [-0.25, -0.2) is 9.59 Å². The predicted molar refractivity (Wildman–Crippen MR) is 122 cm³/mol. The second-order valence-corrected chi connectivity index (χ2v) is 10.4. The molecule has 3 heterocycles. The minimum atomic E-state index is -0.449. The molecular weight excluding hydrogens is 406 g/mol. The van der Waals surface area contributed by atoms with Gasteiger partial charge in [0.25, 0.3) is 0 Å². The SMILES string of the molecule is CC(C)(C)OC(=O)N1C[C@H]2CC[C@@H]1C[C@@H]2CN1CCN(C(=O)OCc2ccccc2)CC1. The third kappa shape index (κ3) is 5.74. The Morgan fingerprint density at radius 2 is 1.72 bits per heavy atom. The Morgan fingerprint density at radius 1 is 1.00 bits per heavy atom. The van der Waals surface area contributed by atoms with E-state index in [0.29, 0.717) is 37.6 Å². The Kier molecular flexibility index (Phi) is 6.93. The van der Waals surface area contributed by atoms with E-state index in [1.54, 1.807) is 0 Å². The maximum atomic E-state index is 12.6. The molecule has 4 aliphatic rings.